The van der Waals surface area contributed by atoms with Gasteiger partial charge < -0.3 is 18.0 Å². The van der Waals surface area contributed by atoms with Crippen molar-refractivity contribution in [3.63, 3.8) is 0 Å². The Balaban J connectivity index is 3.67. The monoisotopic (exact) mass is 438 g/mol. The topological polar surface area (TPSA) is 36.9 Å². The van der Waals surface area contributed by atoms with Gasteiger partial charge in [0.1, 0.15) is 11.4 Å². The lowest BCUT2D eigenvalue weighted by Crippen LogP contribution is -2.59. The quantitative estimate of drug-likeness (QED) is 0.302. The van der Waals surface area contributed by atoms with Crippen molar-refractivity contribution >= 4 is 14.0 Å². The lowest BCUT2D eigenvalue weighted by atomic mass is 9.82. The van der Waals surface area contributed by atoms with Crippen LogP contribution in [0.1, 0.15) is 93.6 Å². The molecule has 0 unspecified atom stereocenters. The molecule has 1 rings (SSSR count). The molecule has 4 nitrogen and oxygen atoms in total. The fraction of sp³-hybridized carbons (Fsp3) is 0.760. The van der Waals surface area contributed by atoms with Crippen LogP contribution in [-0.2, 0) is 19.7 Å². The highest BCUT2D eigenvalue weighted by atomic mass is 28.4. The Labute approximate surface area is 187 Å². The third-order valence-corrected chi connectivity index (χ3v) is 8.44. The summed E-state index contributed by atoms with van der Waals surface area (Å²) in [5.41, 5.74) is 1.12. The average Bonchev–Trinajstić information content (AvgIpc) is 2.61. The maximum Gasteiger partial charge on any atom is 0.541 e. The Morgan fingerprint density at radius 2 is 1.30 bits per heavy atom. The molecule has 174 valence electrons. The maximum atomic E-state index is 6.63. The van der Waals surface area contributed by atoms with Gasteiger partial charge in [-0.2, -0.15) is 0 Å². The molecule has 0 saturated heterocycles. The van der Waals surface area contributed by atoms with E-state index in [0.29, 0.717) is 19.8 Å². The van der Waals surface area contributed by atoms with Crippen molar-refractivity contribution in [3.05, 3.63) is 23.8 Å². The van der Waals surface area contributed by atoms with Gasteiger partial charge >= 0.3 is 8.80 Å². The smallest absolute Gasteiger partial charge is 0.488 e. The summed E-state index contributed by atoms with van der Waals surface area (Å²) in [6, 6.07) is 6.36. The Morgan fingerprint density at radius 3 is 1.77 bits per heavy atom. The van der Waals surface area contributed by atoms with E-state index in [0.717, 1.165) is 43.0 Å². The van der Waals surface area contributed by atoms with Crippen LogP contribution in [0.5, 0.6) is 5.75 Å². The minimum absolute atomic E-state index is 0.172. The molecule has 1 aromatic carbocycles. The van der Waals surface area contributed by atoms with Crippen molar-refractivity contribution in [1.82, 2.24) is 0 Å². The first kappa shape index (κ1) is 27.2. The third kappa shape index (κ3) is 7.67. The fourth-order valence-electron chi connectivity index (χ4n) is 4.30. The van der Waals surface area contributed by atoms with Crippen LogP contribution in [0.4, 0.5) is 0 Å². The standard InChI is InChI=1S/C25H46O4Si/c1-10-18-24(6,7)20-21-16-15-17-22(29-25(8,9)19-11-2)23(21)30(26-12-3,27-13-4)28-14-5/h15-17H,10-14,18-20H2,1-9H3. The molecule has 0 amide bonds. The number of hydrogen-bond acceptors (Lipinski definition) is 4. The molecule has 0 aliphatic heterocycles. The Hall–Kier alpha value is -0.883. The van der Waals surface area contributed by atoms with Crippen molar-refractivity contribution in [2.45, 2.75) is 100 Å². The molecule has 0 bridgehead atoms. The molecular formula is C25H46O4Si. The van der Waals surface area contributed by atoms with Gasteiger partial charge in [-0.15, -0.1) is 0 Å². The van der Waals surface area contributed by atoms with Gasteiger partial charge in [0.15, 0.2) is 0 Å². The molecular weight excluding hydrogens is 392 g/mol. The summed E-state index contributed by atoms with van der Waals surface area (Å²) >= 11 is 0. The summed E-state index contributed by atoms with van der Waals surface area (Å²) in [6.07, 6.45) is 5.29. The number of rotatable bonds is 15. The van der Waals surface area contributed by atoms with Gasteiger partial charge in [0.25, 0.3) is 0 Å². The van der Waals surface area contributed by atoms with E-state index in [1.165, 1.54) is 5.56 Å². The van der Waals surface area contributed by atoms with Crippen molar-refractivity contribution in [2.24, 2.45) is 5.41 Å². The van der Waals surface area contributed by atoms with E-state index < -0.39 is 8.80 Å². The summed E-state index contributed by atoms with van der Waals surface area (Å²) in [4.78, 5) is 0. The Kier molecular flexibility index (Phi) is 11.1. The zero-order valence-corrected chi connectivity index (χ0v) is 22.0. The van der Waals surface area contributed by atoms with Crippen LogP contribution in [0.15, 0.2) is 18.2 Å². The molecule has 1 aromatic rings. The number of ether oxygens (including phenoxy) is 1. The predicted octanol–water partition coefficient (Wildman–Crippen LogP) is 6.27. The van der Waals surface area contributed by atoms with E-state index in [9.17, 15) is 0 Å². The summed E-state index contributed by atoms with van der Waals surface area (Å²) < 4.78 is 25.7. The summed E-state index contributed by atoms with van der Waals surface area (Å²) in [7, 11) is -3.13. The zero-order chi connectivity index (χ0) is 22.8. The number of benzene rings is 1. The summed E-state index contributed by atoms with van der Waals surface area (Å²) in [5, 5.41) is 1.02. The first-order valence-electron chi connectivity index (χ1n) is 11.8. The van der Waals surface area contributed by atoms with Gasteiger partial charge in [-0.25, -0.2) is 0 Å². The van der Waals surface area contributed by atoms with Crippen LogP contribution in [0, 0.1) is 5.41 Å². The molecule has 0 radical (unpaired) electrons. The summed E-state index contributed by atoms with van der Waals surface area (Å²) in [5.74, 6) is 0.847. The third-order valence-electron chi connectivity index (χ3n) is 5.26. The molecule has 0 aliphatic rings. The van der Waals surface area contributed by atoms with Crippen LogP contribution in [0.25, 0.3) is 0 Å². The van der Waals surface area contributed by atoms with Gasteiger partial charge in [-0.05, 0) is 70.9 Å². The molecule has 0 spiro atoms. The number of hydrogen-bond donors (Lipinski definition) is 0. The highest BCUT2D eigenvalue weighted by Crippen LogP contribution is 2.31. The van der Waals surface area contributed by atoms with Crippen LogP contribution in [-0.4, -0.2) is 34.2 Å². The van der Waals surface area contributed by atoms with E-state index in [-0.39, 0.29) is 11.0 Å². The lowest BCUT2D eigenvalue weighted by Gasteiger charge is -2.35. The highest BCUT2D eigenvalue weighted by molar-refractivity contribution is 6.76. The molecule has 0 saturated carbocycles. The van der Waals surface area contributed by atoms with E-state index in [4.69, 9.17) is 18.0 Å². The summed E-state index contributed by atoms with van der Waals surface area (Å²) in [6.45, 7) is 21.0. The highest BCUT2D eigenvalue weighted by Gasteiger charge is 2.48. The Morgan fingerprint density at radius 1 is 0.767 bits per heavy atom. The van der Waals surface area contributed by atoms with Gasteiger partial charge in [0.05, 0.1) is 5.19 Å². The van der Waals surface area contributed by atoms with Crippen LogP contribution >= 0.6 is 0 Å². The minimum atomic E-state index is -3.13. The van der Waals surface area contributed by atoms with E-state index in [1.807, 2.05) is 20.8 Å². The van der Waals surface area contributed by atoms with Crippen molar-refractivity contribution in [3.8, 4) is 5.75 Å². The van der Waals surface area contributed by atoms with E-state index in [2.05, 4.69) is 59.7 Å². The van der Waals surface area contributed by atoms with Crippen LogP contribution in [0.2, 0.25) is 0 Å². The molecule has 0 aliphatic carbocycles. The normalized spacial score (nSPS) is 13.0. The molecule has 0 fully saturated rings. The largest absolute Gasteiger partial charge is 0.541 e. The first-order valence-corrected chi connectivity index (χ1v) is 13.6. The minimum Gasteiger partial charge on any atom is -0.488 e. The van der Waals surface area contributed by atoms with E-state index in [1.54, 1.807) is 0 Å². The average molecular weight is 439 g/mol. The van der Waals surface area contributed by atoms with Gasteiger partial charge in [0, 0.05) is 19.8 Å². The molecule has 0 aromatic heterocycles. The maximum absolute atomic E-state index is 6.63. The van der Waals surface area contributed by atoms with Crippen molar-refractivity contribution in [1.29, 1.82) is 0 Å². The van der Waals surface area contributed by atoms with Crippen LogP contribution < -0.4 is 9.92 Å². The Bertz CT molecular complexity index is 572. The van der Waals surface area contributed by atoms with Crippen molar-refractivity contribution in [2.75, 3.05) is 19.8 Å². The second-order valence-electron chi connectivity index (χ2n) is 9.35. The molecule has 0 heterocycles. The predicted molar refractivity (Wildman–Crippen MR) is 129 cm³/mol. The molecule has 30 heavy (non-hydrogen) atoms. The lowest BCUT2D eigenvalue weighted by molar-refractivity contribution is 0.0790. The van der Waals surface area contributed by atoms with Gasteiger partial charge in [0.2, 0.25) is 0 Å². The zero-order valence-electron chi connectivity index (χ0n) is 21.0. The van der Waals surface area contributed by atoms with Gasteiger partial charge in [-0.1, -0.05) is 52.7 Å². The fourth-order valence-corrected chi connectivity index (χ4v) is 7.12. The molecule has 0 N–H and O–H groups in total. The van der Waals surface area contributed by atoms with Gasteiger partial charge in [-0.3, -0.25) is 0 Å². The SMILES string of the molecule is CCCC(C)(C)Cc1cccc(OC(C)(C)CCC)c1[Si](OCC)(OCC)OCC. The van der Waals surface area contributed by atoms with Crippen LogP contribution in [0.3, 0.4) is 0 Å². The first-order chi connectivity index (χ1) is 14.1. The van der Waals surface area contributed by atoms with E-state index >= 15 is 0 Å². The molecule has 5 heteroatoms. The van der Waals surface area contributed by atoms with Crippen molar-refractivity contribution < 1.29 is 18.0 Å². The second-order valence-corrected chi connectivity index (χ2v) is 11.8. The second kappa shape index (κ2) is 12.2. The molecule has 0 atom stereocenters.